The van der Waals surface area contributed by atoms with Gasteiger partial charge in [0.25, 0.3) is 0 Å². The van der Waals surface area contributed by atoms with Crippen molar-refractivity contribution in [2.24, 2.45) is 5.41 Å². The molecular weight excluding hydrogens is 472 g/mol. The number of hydrogen-bond donors (Lipinski definition) is 1. The Hall–Kier alpha value is -3.04. The molecule has 2 aliphatic rings. The fraction of sp³-hybridized carbons (Fsp3) is 0.320. The number of anilines is 1. The van der Waals surface area contributed by atoms with E-state index in [1.165, 1.54) is 11.3 Å². The molecule has 5 rings (SSSR count). The first kappa shape index (κ1) is 22.7. The molecule has 0 saturated carbocycles. The molecule has 0 spiro atoms. The van der Waals surface area contributed by atoms with Crippen molar-refractivity contribution in [3.8, 4) is 5.75 Å². The van der Waals surface area contributed by atoms with Gasteiger partial charge in [0.1, 0.15) is 12.3 Å². The van der Waals surface area contributed by atoms with E-state index in [0.29, 0.717) is 24.5 Å². The lowest BCUT2D eigenvalue weighted by molar-refractivity contribution is -0.116. The van der Waals surface area contributed by atoms with Crippen LogP contribution in [-0.2, 0) is 16.1 Å². The van der Waals surface area contributed by atoms with Crippen LogP contribution in [0.4, 0.5) is 5.69 Å². The summed E-state index contributed by atoms with van der Waals surface area (Å²) < 4.78 is 12.6. The zero-order chi connectivity index (χ0) is 23.9. The molecule has 1 amide bonds. The van der Waals surface area contributed by atoms with Gasteiger partial charge in [-0.3, -0.25) is 14.2 Å². The minimum Gasteiger partial charge on any atom is -0.493 e. The monoisotopic (exact) mass is 496 g/mol. The van der Waals surface area contributed by atoms with Gasteiger partial charge >= 0.3 is 10.8 Å². The number of aromatic nitrogens is 1. The third kappa shape index (κ3) is 4.03. The average molecular weight is 497 g/mol. The van der Waals surface area contributed by atoms with Gasteiger partial charge in [0.2, 0.25) is 5.91 Å². The number of rotatable bonds is 5. The van der Waals surface area contributed by atoms with Crippen LogP contribution in [0.2, 0.25) is 0 Å². The summed E-state index contributed by atoms with van der Waals surface area (Å²) in [5.41, 5.74) is 1.94. The van der Waals surface area contributed by atoms with Crippen LogP contribution < -0.4 is 14.9 Å². The first-order valence-corrected chi connectivity index (χ1v) is 12.8. The molecule has 0 saturated heterocycles. The van der Waals surface area contributed by atoms with E-state index in [4.69, 9.17) is 9.47 Å². The number of hydrogen-bond acceptors (Lipinski definition) is 7. The number of thioether (sulfide) groups is 1. The molecule has 2 atom stereocenters. The molecule has 9 heteroatoms. The topological polar surface area (TPSA) is 86.6 Å². The van der Waals surface area contributed by atoms with E-state index >= 15 is 0 Å². The van der Waals surface area contributed by atoms with Crippen molar-refractivity contribution >= 4 is 40.7 Å². The molecule has 0 bridgehead atoms. The van der Waals surface area contributed by atoms with Gasteiger partial charge in [-0.05, 0) is 37.3 Å². The second-order valence-electron chi connectivity index (χ2n) is 8.67. The minimum atomic E-state index is -0.407. The smallest absolute Gasteiger partial charge is 0.338 e. The van der Waals surface area contributed by atoms with Gasteiger partial charge < -0.3 is 14.8 Å². The number of benzene rings is 2. The summed E-state index contributed by atoms with van der Waals surface area (Å²) in [6.45, 7) is 4.77. The highest BCUT2D eigenvalue weighted by Gasteiger charge is 2.47. The second kappa shape index (κ2) is 8.96. The quantitative estimate of drug-likeness (QED) is 0.528. The van der Waals surface area contributed by atoms with E-state index in [0.717, 1.165) is 27.0 Å². The number of ether oxygens (including phenoxy) is 2. The van der Waals surface area contributed by atoms with Gasteiger partial charge in [-0.25, -0.2) is 4.79 Å². The molecule has 2 aromatic carbocycles. The largest absolute Gasteiger partial charge is 0.493 e. The summed E-state index contributed by atoms with van der Waals surface area (Å²) in [5.74, 6) is 1.01. The molecule has 176 valence electrons. The van der Waals surface area contributed by atoms with Gasteiger partial charge in [0.05, 0.1) is 23.8 Å². The summed E-state index contributed by atoms with van der Waals surface area (Å²) in [7, 11) is 0. The Labute approximate surface area is 205 Å². The Morgan fingerprint density at radius 2 is 1.97 bits per heavy atom. The van der Waals surface area contributed by atoms with E-state index < -0.39 is 5.97 Å². The van der Waals surface area contributed by atoms with Crippen molar-refractivity contribution in [2.75, 3.05) is 24.3 Å². The molecule has 7 nitrogen and oxygen atoms in total. The number of nitrogens with one attached hydrogen (secondary N) is 1. The maximum atomic E-state index is 13.0. The van der Waals surface area contributed by atoms with Crippen molar-refractivity contribution in [3.05, 3.63) is 74.2 Å². The SMILES string of the molecule is CCOC(=O)c1ccc(NC(=O)Cn2c3c(sc2=O)[C@H]2c4ccccc4OC[C@]2(C)CS3)cc1. The summed E-state index contributed by atoms with van der Waals surface area (Å²) in [6, 6.07) is 14.5. The van der Waals surface area contributed by atoms with Gasteiger partial charge in [-0.1, -0.05) is 36.5 Å². The molecule has 3 heterocycles. The molecule has 3 aromatic rings. The lowest BCUT2D eigenvalue weighted by Crippen LogP contribution is -2.41. The lowest BCUT2D eigenvalue weighted by atomic mass is 9.72. The van der Waals surface area contributed by atoms with E-state index in [1.807, 2.05) is 18.2 Å². The van der Waals surface area contributed by atoms with Crippen LogP contribution in [0.3, 0.4) is 0 Å². The van der Waals surface area contributed by atoms with E-state index in [1.54, 1.807) is 47.5 Å². The van der Waals surface area contributed by atoms with Gasteiger partial charge in [0, 0.05) is 33.2 Å². The van der Waals surface area contributed by atoms with Gasteiger partial charge in [0.15, 0.2) is 0 Å². The predicted octanol–water partition coefficient (Wildman–Crippen LogP) is 4.36. The van der Waals surface area contributed by atoms with Gasteiger partial charge in [-0.2, -0.15) is 0 Å². The molecule has 0 aliphatic carbocycles. The van der Waals surface area contributed by atoms with Crippen LogP contribution in [0, 0.1) is 5.41 Å². The summed E-state index contributed by atoms with van der Waals surface area (Å²) in [5, 5.41) is 3.68. The number of nitrogens with zero attached hydrogens (tertiary/aromatic N) is 1. The first-order valence-electron chi connectivity index (χ1n) is 11.0. The van der Waals surface area contributed by atoms with Crippen LogP contribution in [0.1, 0.15) is 40.6 Å². The highest BCUT2D eigenvalue weighted by atomic mass is 32.2. The normalized spacial score (nSPS) is 20.4. The molecule has 0 fully saturated rings. The molecule has 34 heavy (non-hydrogen) atoms. The standard InChI is InChI=1S/C25H24N2O5S2/c1-3-31-23(29)15-8-10-16(11-9-15)26-19(28)12-27-22-21(34-24(27)30)20-17-6-4-5-7-18(17)32-13-25(20,2)14-33-22/h4-11,20H,3,12-14H2,1-2H3,(H,26,28)/t20-,25-/m1/s1. The number of para-hydroxylation sites is 1. The second-order valence-corrected chi connectivity index (χ2v) is 10.6. The van der Waals surface area contributed by atoms with Crippen molar-refractivity contribution in [3.63, 3.8) is 0 Å². The van der Waals surface area contributed by atoms with E-state index in [2.05, 4.69) is 18.3 Å². The Morgan fingerprint density at radius 1 is 1.21 bits per heavy atom. The van der Waals surface area contributed by atoms with Crippen LogP contribution in [0.15, 0.2) is 58.4 Å². The number of esters is 1. The molecular formula is C25H24N2O5S2. The average Bonchev–Trinajstić information content (AvgIpc) is 3.13. The number of carbonyl (C=O) groups excluding carboxylic acids is 2. The minimum absolute atomic E-state index is 0.0612. The fourth-order valence-electron chi connectivity index (χ4n) is 4.49. The Bertz CT molecular complexity index is 1310. The molecule has 1 aromatic heterocycles. The van der Waals surface area contributed by atoms with E-state index in [9.17, 15) is 14.4 Å². The molecule has 0 unspecified atom stereocenters. The van der Waals surface area contributed by atoms with Gasteiger partial charge in [-0.15, -0.1) is 11.8 Å². The third-order valence-electron chi connectivity index (χ3n) is 6.14. The van der Waals surface area contributed by atoms with Crippen LogP contribution >= 0.6 is 23.1 Å². The molecule has 2 aliphatic heterocycles. The number of fused-ring (bicyclic) bond motifs is 5. The van der Waals surface area contributed by atoms with Crippen molar-refractivity contribution in [1.82, 2.24) is 4.57 Å². The Kier molecular flexibility index (Phi) is 5.99. The fourth-order valence-corrected chi connectivity index (χ4v) is 7.31. The highest BCUT2D eigenvalue weighted by molar-refractivity contribution is 7.99. The van der Waals surface area contributed by atoms with Crippen molar-refractivity contribution < 1.29 is 19.1 Å². The van der Waals surface area contributed by atoms with Crippen molar-refractivity contribution in [1.29, 1.82) is 0 Å². The van der Waals surface area contributed by atoms with Crippen LogP contribution in [-0.4, -0.2) is 35.4 Å². The Balaban J connectivity index is 1.38. The van der Waals surface area contributed by atoms with Crippen LogP contribution in [0.25, 0.3) is 0 Å². The first-order chi connectivity index (χ1) is 16.4. The third-order valence-corrected chi connectivity index (χ3v) is 8.83. The zero-order valence-electron chi connectivity index (χ0n) is 18.8. The number of thiazole rings is 1. The predicted molar refractivity (Wildman–Crippen MR) is 132 cm³/mol. The maximum Gasteiger partial charge on any atom is 0.338 e. The Morgan fingerprint density at radius 3 is 2.74 bits per heavy atom. The highest BCUT2D eigenvalue weighted by Crippen LogP contribution is 2.56. The van der Waals surface area contributed by atoms with E-state index in [-0.39, 0.29) is 28.7 Å². The molecule has 1 N–H and O–H groups in total. The zero-order valence-corrected chi connectivity index (χ0v) is 20.5. The molecule has 0 radical (unpaired) electrons. The number of amides is 1. The van der Waals surface area contributed by atoms with Crippen LogP contribution in [0.5, 0.6) is 5.75 Å². The lowest BCUT2D eigenvalue weighted by Gasteiger charge is -2.44. The summed E-state index contributed by atoms with van der Waals surface area (Å²) in [4.78, 5) is 38.4. The summed E-state index contributed by atoms with van der Waals surface area (Å²) in [6.07, 6.45) is 0. The summed E-state index contributed by atoms with van der Waals surface area (Å²) >= 11 is 2.84. The van der Waals surface area contributed by atoms with Crippen molar-refractivity contribution in [2.45, 2.75) is 31.3 Å². The maximum absolute atomic E-state index is 13.0. The number of carbonyl (C=O) groups is 2.